The summed E-state index contributed by atoms with van der Waals surface area (Å²) < 4.78 is 1.44. The van der Waals surface area contributed by atoms with Crippen LogP contribution in [0.5, 0.6) is 0 Å². The van der Waals surface area contributed by atoms with Gasteiger partial charge >= 0.3 is 5.97 Å². The van der Waals surface area contributed by atoms with Crippen LogP contribution >= 0.6 is 11.8 Å². The molecule has 0 saturated carbocycles. The molecule has 37 heavy (non-hydrogen) atoms. The van der Waals surface area contributed by atoms with Crippen LogP contribution in [0.2, 0.25) is 0 Å². The number of carboxylic acids is 1. The lowest BCUT2D eigenvalue weighted by molar-refractivity contribution is -0.158. The molecule has 202 valence electrons. The zero-order valence-electron chi connectivity index (χ0n) is 21.6. The number of β-lactam (4-membered cyclic amide) rings is 1. The van der Waals surface area contributed by atoms with Gasteiger partial charge < -0.3 is 30.9 Å². The molecule has 2 fully saturated rings. The van der Waals surface area contributed by atoms with Crippen molar-refractivity contribution in [2.45, 2.75) is 56.7 Å². The van der Waals surface area contributed by atoms with Crippen molar-refractivity contribution in [3.8, 4) is 0 Å². The van der Waals surface area contributed by atoms with E-state index < -0.39 is 17.9 Å². The fourth-order valence-corrected chi connectivity index (χ4v) is 6.86. The summed E-state index contributed by atoms with van der Waals surface area (Å²) in [5, 5.41) is 27.0. The number of hydrogen-bond acceptors (Lipinski definition) is 9. The fourth-order valence-electron chi connectivity index (χ4n) is 5.38. The predicted octanol–water partition coefficient (Wildman–Crippen LogP) is -1.17. The molecule has 6 atom stereocenters. The van der Waals surface area contributed by atoms with Gasteiger partial charge in [-0.3, -0.25) is 14.4 Å². The monoisotopic (exact) mass is 534 g/mol. The molecule has 0 radical (unpaired) electrons. The first-order valence-electron chi connectivity index (χ1n) is 12.3. The molecule has 0 spiro atoms. The van der Waals surface area contributed by atoms with Crippen molar-refractivity contribution >= 4 is 35.5 Å². The lowest BCUT2D eigenvalue weighted by Crippen LogP contribution is -2.66. The third kappa shape index (κ3) is 5.22. The van der Waals surface area contributed by atoms with E-state index in [1.165, 1.54) is 21.3 Å². The van der Waals surface area contributed by atoms with E-state index in [4.69, 9.17) is 0 Å². The number of aromatic nitrogens is 3. The number of amides is 3. The highest BCUT2D eigenvalue weighted by atomic mass is 32.2. The number of nitrogens with zero attached hydrogens (tertiary/aromatic N) is 5. The average Bonchev–Trinajstić information content (AvgIpc) is 3.52. The second-order valence-corrected chi connectivity index (χ2v) is 11.3. The minimum absolute atomic E-state index is 0.0113. The molecule has 4 heterocycles. The summed E-state index contributed by atoms with van der Waals surface area (Å²) >= 11 is 1.44. The first-order valence-corrected chi connectivity index (χ1v) is 13.2. The van der Waals surface area contributed by atoms with Crippen LogP contribution in [0.15, 0.2) is 16.8 Å². The minimum Gasteiger partial charge on any atom is -0.477 e. The van der Waals surface area contributed by atoms with Crippen LogP contribution < -0.4 is 16.0 Å². The lowest BCUT2D eigenvalue weighted by atomic mass is 9.78. The van der Waals surface area contributed by atoms with E-state index in [1.54, 1.807) is 39.2 Å². The van der Waals surface area contributed by atoms with Crippen LogP contribution in [0.4, 0.5) is 0 Å². The molecular formula is C23H34N8O5S. The second-order valence-electron chi connectivity index (χ2n) is 9.99. The van der Waals surface area contributed by atoms with Crippen LogP contribution in [0.25, 0.3) is 0 Å². The van der Waals surface area contributed by atoms with Crippen molar-refractivity contribution in [2.24, 2.45) is 11.8 Å². The number of thioether (sulfide) groups is 1. The van der Waals surface area contributed by atoms with Crippen LogP contribution in [0.3, 0.4) is 0 Å². The highest BCUT2D eigenvalue weighted by Gasteiger charge is 2.60. The van der Waals surface area contributed by atoms with Gasteiger partial charge in [0.25, 0.3) is 0 Å². The normalized spacial score (nSPS) is 27.6. The van der Waals surface area contributed by atoms with Gasteiger partial charge in [-0.1, -0.05) is 12.1 Å². The number of carbonyl (C=O) groups excluding carboxylic acids is 3. The number of carboxylic acid groups (broad SMARTS) is 1. The maximum absolute atomic E-state index is 13.1. The molecule has 13 nitrogen and oxygen atoms in total. The number of fused-ring (bicyclic) bond motifs is 1. The zero-order chi connectivity index (χ0) is 27.0. The molecule has 1 aromatic heterocycles. The second kappa shape index (κ2) is 10.8. The van der Waals surface area contributed by atoms with E-state index in [2.05, 4.69) is 26.3 Å². The van der Waals surface area contributed by atoms with E-state index in [-0.39, 0.29) is 53.2 Å². The van der Waals surface area contributed by atoms with E-state index in [1.807, 2.05) is 6.92 Å². The molecule has 2 saturated heterocycles. The lowest BCUT2D eigenvalue weighted by Gasteiger charge is -2.47. The van der Waals surface area contributed by atoms with Gasteiger partial charge in [0.1, 0.15) is 12.2 Å². The van der Waals surface area contributed by atoms with Crippen molar-refractivity contribution in [3.63, 3.8) is 0 Å². The van der Waals surface area contributed by atoms with Crippen LogP contribution in [0.1, 0.15) is 26.0 Å². The Hall–Kier alpha value is -2.97. The van der Waals surface area contributed by atoms with E-state index >= 15 is 0 Å². The van der Waals surface area contributed by atoms with Gasteiger partial charge in [0.2, 0.25) is 17.7 Å². The minimum atomic E-state index is -1.14. The van der Waals surface area contributed by atoms with Crippen molar-refractivity contribution < 1.29 is 24.3 Å². The van der Waals surface area contributed by atoms with Crippen LogP contribution in [-0.4, -0.2) is 105 Å². The SMILES string of the molecule is CNCc1cn(CC(=O)N[C@H](C)[C@H]2C(=O)N3C(C(=O)O)=C(S[C@@H]4CN[C@H](C(=O)N(C)C)C4)[C@H](C)[C@H]23)nn1. The van der Waals surface area contributed by atoms with Gasteiger partial charge in [0.15, 0.2) is 0 Å². The Morgan fingerprint density at radius 3 is 2.73 bits per heavy atom. The Bertz CT molecular complexity index is 1120. The molecule has 3 aliphatic heterocycles. The first kappa shape index (κ1) is 27.1. The molecule has 4 N–H and O–H groups in total. The first-order chi connectivity index (χ1) is 17.5. The van der Waals surface area contributed by atoms with E-state index in [0.717, 1.165) is 0 Å². The Morgan fingerprint density at radius 2 is 2.08 bits per heavy atom. The average molecular weight is 535 g/mol. The van der Waals surface area contributed by atoms with Crippen molar-refractivity contribution in [1.29, 1.82) is 0 Å². The Morgan fingerprint density at radius 1 is 1.35 bits per heavy atom. The number of hydrogen-bond donors (Lipinski definition) is 4. The van der Waals surface area contributed by atoms with Gasteiger partial charge in [0.05, 0.1) is 29.9 Å². The van der Waals surface area contributed by atoms with Crippen molar-refractivity contribution in [3.05, 3.63) is 22.5 Å². The number of nitrogens with one attached hydrogen (secondary N) is 3. The summed E-state index contributed by atoms with van der Waals surface area (Å²) in [4.78, 5) is 53.8. The number of rotatable bonds is 10. The highest BCUT2D eigenvalue weighted by Crippen LogP contribution is 2.51. The molecule has 0 bridgehead atoms. The van der Waals surface area contributed by atoms with Gasteiger partial charge in [-0.2, -0.15) is 0 Å². The van der Waals surface area contributed by atoms with Gasteiger partial charge in [-0.15, -0.1) is 16.9 Å². The molecule has 3 aliphatic rings. The third-order valence-electron chi connectivity index (χ3n) is 7.09. The molecule has 0 aromatic carbocycles. The summed E-state index contributed by atoms with van der Waals surface area (Å²) in [6.45, 7) is 4.76. The molecule has 3 amide bonds. The van der Waals surface area contributed by atoms with Gasteiger partial charge in [-0.05, 0) is 20.4 Å². The summed E-state index contributed by atoms with van der Waals surface area (Å²) in [7, 11) is 5.20. The molecule has 1 aromatic rings. The van der Waals surface area contributed by atoms with E-state index in [9.17, 15) is 24.3 Å². The summed E-state index contributed by atoms with van der Waals surface area (Å²) in [5.74, 6) is -2.51. The maximum atomic E-state index is 13.1. The largest absolute Gasteiger partial charge is 0.477 e. The fraction of sp³-hybridized carbons (Fsp3) is 0.652. The van der Waals surface area contributed by atoms with E-state index in [0.29, 0.717) is 30.1 Å². The maximum Gasteiger partial charge on any atom is 0.353 e. The smallest absolute Gasteiger partial charge is 0.353 e. The quantitative estimate of drug-likeness (QED) is 0.269. The third-order valence-corrected chi connectivity index (χ3v) is 8.60. The van der Waals surface area contributed by atoms with Gasteiger partial charge in [-0.25, -0.2) is 9.48 Å². The molecule has 0 aliphatic carbocycles. The summed E-state index contributed by atoms with van der Waals surface area (Å²) in [5.41, 5.74) is 0.726. The molecule has 0 unspecified atom stereocenters. The van der Waals surface area contributed by atoms with Gasteiger partial charge in [0, 0.05) is 49.3 Å². The zero-order valence-corrected chi connectivity index (χ0v) is 22.4. The standard InChI is InChI=1S/C23H34N8O5S/c1-11-18-17(12(2)26-16(32)10-30-9-13(7-24-3)27-28-30)22(34)31(18)19(23(35)36)20(11)37-14-6-15(25-8-14)21(33)29(4)5/h9,11-12,14-15,17-18,24-25H,6-8,10H2,1-5H3,(H,26,32)(H,35,36)/t11-,12-,14+,15+,17-,18-/m1/s1. The number of carbonyl (C=O) groups is 4. The van der Waals surface area contributed by atoms with Crippen LogP contribution in [-0.2, 0) is 32.3 Å². The Balaban J connectivity index is 1.41. The molecule has 14 heteroatoms. The van der Waals surface area contributed by atoms with Crippen molar-refractivity contribution in [1.82, 2.24) is 40.7 Å². The molecule has 4 rings (SSSR count). The number of aliphatic carboxylic acids is 1. The Kier molecular flexibility index (Phi) is 7.90. The Labute approximate surface area is 219 Å². The number of likely N-dealkylation sites (N-methyl/N-ethyl adjacent to an activating group) is 1. The summed E-state index contributed by atoms with van der Waals surface area (Å²) in [6.07, 6.45) is 2.26. The summed E-state index contributed by atoms with van der Waals surface area (Å²) in [6, 6.07) is -1.14. The topological polar surface area (TPSA) is 162 Å². The molecular weight excluding hydrogens is 500 g/mol. The van der Waals surface area contributed by atoms with Crippen LogP contribution in [0, 0.1) is 11.8 Å². The highest BCUT2D eigenvalue weighted by molar-refractivity contribution is 8.03. The van der Waals surface area contributed by atoms with Crippen molar-refractivity contribution in [2.75, 3.05) is 27.7 Å². The predicted molar refractivity (Wildman–Crippen MR) is 135 cm³/mol.